The van der Waals surface area contributed by atoms with Gasteiger partial charge in [0.25, 0.3) is 0 Å². The van der Waals surface area contributed by atoms with E-state index < -0.39 is 22.6 Å². The smallest absolute Gasteiger partial charge is 0.389 e. The van der Waals surface area contributed by atoms with Crippen LogP contribution in [-0.4, -0.2) is 21.1 Å². The van der Waals surface area contributed by atoms with E-state index in [1.165, 1.54) is 6.07 Å². The molecule has 8 heteroatoms. The molecule has 20 heavy (non-hydrogen) atoms. The molecule has 0 radical (unpaired) electrons. The number of aryl methyl sites for hydroxylation is 1. The van der Waals surface area contributed by atoms with Gasteiger partial charge >= 0.3 is 6.18 Å². The van der Waals surface area contributed by atoms with Crippen LogP contribution in [0, 0.1) is 13.8 Å². The molecule has 0 saturated carbocycles. The molecule has 0 amide bonds. The van der Waals surface area contributed by atoms with E-state index in [4.69, 9.17) is 5.73 Å². The van der Waals surface area contributed by atoms with Gasteiger partial charge in [-0.05, 0) is 43.5 Å². The van der Waals surface area contributed by atoms with Crippen molar-refractivity contribution in [1.29, 1.82) is 0 Å². The van der Waals surface area contributed by atoms with Gasteiger partial charge in [-0.15, -0.1) is 0 Å². The third kappa shape index (κ3) is 4.68. The zero-order valence-corrected chi connectivity index (χ0v) is 12.0. The molecule has 0 unspecified atom stereocenters. The standard InChI is InChI=1S/C12H17F3N2O2S/c1-8-6-10(16)7-11(9(8)2)20(18,19)17-5-3-4-12(13,14)15/h6-7,17H,3-5,16H2,1-2H3. The molecular formula is C12H17F3N2O2S. The Kier molecular flexibility index (Phi) is 5.04. The predicted octanol–water partition coefficient (Wildman–Crippen LogP) is 2.51. The quantitative estimate of drug-likeness (QED) is 0.648. The van der Waals surface area contributed by atoms with Gasteiger partial charge in [0.15, 0.2) is 0 Å². The average molecular weight is 310 g/mol. The van der Waals surface area contributed by atoms with Crippen molar-refractivity contribution in [2.45, 2.75) is 37.8 Å². The van der Waals surface area contributed by atoms with Crippen LogP contribution in [0.3, 0.4) is 0 Å². The zero-order valence-electron chi connectivity index (χ0n) is 11.2. The summed E-state index contributed by atoms with van der Waals surface area (Å²) in [4.78, 5) is 0.00186. The van der Waals surface area contributed by atoms with E-state index in [2.05, 4.69) is 4.72 Å². The Morgan fingerprint density at radius 3 is 2.40 bits per heavy atom. The van der Waals surface area contributed by atoms with E-state index in [9.17, 15) is 21.6 Å². The summed E-state index contributed by atoms with van der Waals surface area (Å²) in [6.07, 6.45) is -5.61. The van der Waals surface area contributed by atoms with Crippen LogP contribution in [0.2, 0.25) is 0 Å². The van der Waals surface area contributed by atoms with E-state index in [0.29, 0.717) is 16.8 Å². The Hall–Kier alpha value is -1.28. The highest BCUT2D eigenvalue weighted by atomic mass is 32.2. The maximum atomic E-state index is 12.0. The minimum atomic E-state index is -4.28. The fraction of sp³-hybridized carbons (Fsp3) is 0.500. The zero-order chi connectivity index (χ0) is 15.6. The molecule has 0 aliphatic heterocycles. The van der Waals surface area contributed by atoms with Gasteiger partial charge in [-0.25, -0.2) is 13.1 Å². The second-order valence-corrected chi connectivity index (χ2v) is 6.31. The van der Waals surface area contributed by atoms with Crippen molar-refractivity contribution in [1.82, 2.24) is 4.72 Å². The van der Waals surface area contributed by atoms with Gasteiger partial charge in [0.2, 0.25) is 10.0 Å². The first kappa shape index (κ1) is 16.8. The molecule has 0 saturated heterocycles. The Balaban J connectivity index is 2.80. The summed E-state index contributed by atoms with van der Waals surface area (Å²) in [5.41, 5.74) is 7.13. The second-order valence-electron chi connectivity index (χ2n) is 4.58. The van der Waals surface area contributed by atoms with Gasteiger partial charge in [-0.3, -0.25) is 0 Å². The fourth-order valence-electron chi connectivity index (χ4n) is 1.71. The van der Waals surface area contributed by atoms with Gasteiger partial charge in [-0.2, -0.15) is 13.2 Å². The number of hydrogen-bond acceptors (Lipinski definition) is 3. The predicted molar refractivity (Wildman–Crippen MR) is 70.8 cm³/mol. The first-order valence-corrected chi connectivity index (χ1v) is 7.44. The van der Waals surface area contributed by atoms with E-state index in [1.807, 2.05) is 0 Å². The number of nitrogen functional groups attached to an aromatic ring is 1. The summed E-state index contributed by atoms with van der Waals surface area (Å²) in [6, 6.07) is 2.94. The summed E-state index contributed by atoms with van der Waals surface area (Å²) in [7, 11) is -3.85. The lowest BCUT2D eigenvalue weighted by atomic mass is 10.1. The van der Waals surface area contributed by atoms with Crippen LogP contribution in [0.5, 0.6) is 0 Å². The molecule has 3 N–H and O–H groups in total. The topological polar surface area (TPSA) is 72.2 Å². The highest BCUT2D eigenvalue weighted by Crippen LogP contribution is 2.23. The van der Waals surface area contributed by atoms with Crippen molar-refractivity contribution < 1.29 is 21.6 Å². The van der Waals surface area contributed by atoms with E-state index in [-0.39, 0.29) is 17.9 Å². The van der Waals surface area contributed by atoms with Crippen LogP contribution in [0.1, 0.15) is 24.0 Å². The van der Waals surface area contributed by atoms with E-state index >= 15 is 0 Å². The second kappa shape index (κ2) is 6.01. The number of benzene rings is 1. The Bertz CT molecular complexity index is 583. The minimum absolute atomic E-state index is 0.00186. The Labute approximate surface area is 116 Å². The minimum Gasteiger partial charge on any atom is -0.399 e. The lowest BCUT2D eigenvalue weighted by Crippen LogP contribution is -2.26. The molecule has 0 heterocycles. The van der Waals surface area contributed by atoms with E-state index in [1.54, 1.807) is 19.9 Å². The number of halogens is 3. The monoisotopic (exact) mass is 310 g/mol. The molecule has 1 aromatic carbocycles. The molecule has 1 rings (SSSR count). The SMILES string of the molecule is Cc1cc(N)cc(S(=O)(=O)NCCCC(F)(F)F)c1C. The maximum Gasteiger partial charge on any atom is 0.389 e. The Morgan fingerprint density at radius 1 is 1.25 bits per heavy atom. The van der Waals surface area contributed by atoms with Crippen LogP contribution in [-0.2, 0) is 10.0 Å². The van der Waals surface area contributed by atoms with Crippen LogP contribution in [0.25, 0.3) is 0 Å². The summed E-state index contributed by atoms with van der Waals surface area (Å²) in [5, 5.41) is 0. The number of sulfonamides is 1. The summed E-state index contributed by atoms with van der Waals surface area (Å²) in [6.45, 7) is 3.07. The summed E-state index contributed by atoms with van der Waals surface area (Å²) >= 11 is 0. The first-order valence-electron chi connectivity index (χ1n) is 5.96. The molecule has 0 fully saturated rings. The molecule has 0 aliphatic rings. The van der Waals surface area contributed by atoms with Gasteiger partial charge in [0.05, 0.1) is 4.90 Å². The van der Waals surface area contributed by atoms with Gasteiger partial charge < -0.3 is 5.73 Å². The van der Waals surface area contributed by atoms with Crippen molar-refractivity contribution in [3.05, 3.63) is 23.3 Å². The molecule has 114 valence electrons. The number of alkyl halides is 3. The van der Waals surface area contributed by atoms with Crippen LogP contribution in [0.15, 0.2) is 17.0 Å². The molecule has 0 atom stereocenters. The lowest BCUT2D eigenvalue weighted by Gasteiger charge is -2.12. The van der Waals surface area contributed by atoms with Crippen LogP contribution >= 0.6 is 0 Å². The molecule has 0 spiro atoms. The largest absolute Gasteiger partial charge is 0.399 e. The van der Waals surface area contributed by atoms with Gasteiger partial charge in [0, 0.05) is 18.7 Å². The highest BCUT2D eigenvalue weighted by Gasteiger charge is 2.26. The Morgan fingerprint density at radius 2 is 1.85 bits per heavy atom. The van der Waals surface area contributed by atoms with Crippen LogP contribution < -0.4 is 10.5 Å². The van der Waals surface area contributed by atoms with Crippen molar-refractivity contribution in [2.75, 3.05) is 12.3 Å². The molecule has 4 nitrogen and oxygen atoms in total. The first-order chi connectivity index (χ1) is 9.03. The number of hydrogen-bond donors (Lipinski definition) is 2. The van der Waals surface area contributed by atoms with Crippen molar-refractivity contribution >= 4 is 15.7 Å². The third-order valence-electron chi connectivity index (χ3n) is 2.86. The normalized spacial score (nSPS) is 12.7. The van der Waals surface area contributed by atoms with E-state index in [0.717, 1.165) is 0 Å². The molecule has 0 aromatic heterocycles. The average Bonchev–Trinajstić information content (AvgIpc) is 2.28. The number of anilines is 1. The molecule has 0 bridgehead atoms. The third-order valence-corrected chi connectivity index (χ3v) is 4.45. The van der Waals surface area contributed by atoms with Crippen LogP contribution in [0.4, 0.5) is 18.9 Å². The number of nitrogens with one attached hydrogen (secondary N) is 1. The lowest BCUT2D eigenvalue weighted by molar-refractivity contribution is -0.135. The van der Waals surface area contributed by atoms with Gasteiger partial charge in [-0.1, -0.05) is 0 Å². The summed E-state index contributed by atoms with van der Waals surface area (Å²) < 4.78 is 62.2. The van der Waals surface area contributed by atoms with Crippen molar-refractivity contribution in [2.24, 2.45) is 0 Å². The van der Waals surface area contributed by atoms with Crippen molar-refractivity contribution in [3.63, 3.8) is 0 Å². The number of rotatable bonds is 5. The highest BCUT2D eigenvalue weighted by molar-refractivity contribution is 7.89. The maximum absolute atomic E-state index is 12.0. The summed E-state index contributed by atoms with van der Waals surface area (Å²) in [5.74, 6) is 0. The molecule has 1 aromatic rings. The van der Waals surface area contributed by atoms with Crippen molar-refractivity contribution in [3.8, 4) is 0 Å². The number of nitrogens with two attached hydrogens (primary N) is 1. The van der Waals surface area contributed by atoms with Gasteiger partial charge in [0.1, 0.15) is 0 Å². The fourth-order valence-corrected chi connectivity index (χ4v) is 3.13. The molecule has 0 aliphatic carbocycles. The molecular weight excluding hydrogens is 293 g/mol.